The van der Waals surface area contributed by atoms with Gasteiger partial charge >= 0.3 is 51.4 Å². The Morgan fingerprint density at radius 2 is 2.22 bits per heavy atom. The van der Waals surface area contributed by atoms with Crippen LogP contribution in [0.4, 0.5) is 0 Å². The Kier molecular flexibility index (Phi) is 17.2. The van der Waals surface area contributed by atoms with Crippen molar-refractivity contribution in [3.8, 4) is 0 Å². The van der Waals surface area contributed by atoms with Crippen LogP contribution < -0.4 is 0 Å². The molecule has 2 nitrogen and oxygen atoms in total. The number of rotatable bonds is 5. The van der Waals surface area contributed by atoms with E-state index in [2.05, 4.69) is 6.92 Å². The van der Waals surface area contributed by atoms with E-state index in [4.69, 9.17) is 4.74 Å². The SMILES string of the molecule is CCCCOCC=O.[KH]. The molecule has 3 heteroatoms. The van der Waals surface area contributed by atoms with Crippen molar-refractivity contribution in [2.75, 3.05) is 13.2 Å². The molecule has 0 aromatic carbocycles. The minimum atomic E-state index is 0. The number of carbonyl (C=O) groups excluding carboxylic acids is 1. The molecular weight excluding hydrogens is 143 g/mol. The first kappa shape index (κ1) is 12.9. The molecule has 0 spiro atoms. The van der Waals surface area contributed by atoms with Gasteiger partial charge in [0.15, 0.2) is 0 Å². The van der Waals surface area contributed by atoms with Gasteiger partial charge in [-0.05, 0) is 6.42 Å². The zero-order valence-corrected chi connectivity index (χ0v) is 5.22. The van der Waals surface area contributed by atoms with Crippen LogP contribution >= 0.6 is 0 Å². The zero-order valence-electron chi connectivity index (χ0n) is 5.22. The molecule has 0 aromatic rings. The van der Waals surface area contributed by atoms with Crippen LogP contribution in [-0.4, -0.2) is 70.9 Å². The summed E-state index contributed by atoms with van der Waals surface area (Å²) in [5.74, 6) is 0. The summed E-state index contributed by atoms with van der Waals surface area (Å²) < 4.78 is 4.86. The third kappa shape index (κ3) is 12.5. The van der Waals surface area contributed by atoms with Crippen molar-refractivity contribution in [1.82, 2.24) is 0 Å². The number of hydrogen-bond donors (Lipinski definition) is 0. The Balaban J connectivity index is 0. The molecule has 0 bridgehead atoms. The van der Waals surface area contributed by atoms with E-state index in [-0.39, 0.29) is 58.0 Å². The average molecular weight is 156 g/mol. The predicted molar refractivity (Wildman–Crippen MR) is 38.9 cm³/mol. The molecule has 0 fully saturated rings. The summed E-state index contributed by atoms with van der Waals surface area (Å²) in [7, 11) is 0. The van der Waals surface area contributed by atoms with Crippen LogP contribution in [0, 0.1) is 0 Å². The van der Waals surface area contributed by atoms with Gasteiger partial charge in [-0.1, -0.05) is 13.3 Å². The summed E-state index contributed by atoms with van der Waals surface area (Å²) in [5, 5.41) is 0. The van der Waals surface area contributed by atoms with Gasteiger partial charge in [0.05, 0.1) is 0 Å². The topological polar surface area (TPSA) is 26.3 Å². The average Bonchev–Trinajstić information content (AvgIpc) is 1.81. The molecule has 0 rings (SSSR count). The Morgan fingerprint density at radius 1 is 1.56 bits per heavy atom. The summed E-state index contributed by atoms with van der Waals surface area (Å²) in [6.07, 6.45) is 2.95. The van der Waals surface area contributed by atoms with E-state index in [0.717, 1.165) is 25.7 Å². The van der Waals surface area contributed by atoms with Crippen molar-refractivity contribution < 1.29 is 9.53 Å². The van der Waals surface area contributed by atoms with Gasteiger partial charge in [-0.2, -0.15) is 0 Å². The maximum atomic E-state index is 9.64. The van der Waals surface area contributed by atoms with E-state index in [9.17, 15) is 4.79 Å². The molecule has 0 aliphatic carbocycles. The monoisotopic (exact) mass is 156 g/mol. The Bertz CT molecular complexity index is 57.0. The molecule has 0 N–H and O–H groups in total. The first-order valence-electron chi connectivity index (χ1n) is 2.93. The van der Waals surface area contributed by atoms with Crippen molar-refractivity contribution in [1.29, 1.82) is 0 Å². The Hall–Kier alpha value is 1.27. The van der Waals surface area contributed by atoms with Crippen LogP contribution in [0.15, 0.2) is 0 Å². The fraction of sp³-hybridized carbons (Fsp3) is 0.833. The van der Waals surface area contributed by atoms with Crippen molar-refractivity contribution >= 4 is 57.7 Å². The van der Waals surface area contributed by atoms with E-state index in [1.54, 1.807) is 0 Å². The fourth-order valence-corrected chi connectivity index (χ4v) is 0.378. The van der Waals surface area contributed by atoms with Gasteiger partial charge in [0.25, 0.3) is 0 Å². The molecular formula is C6H13KO2. The van der Waals surface area contributed by atoms with E-state index in [1.165, 1.54) is 0 Å². The van der Waals surface area contributed by atoms with Gasteiger partial charge in [0, 0.05) is 6.61 Å². The molecule has 0 saturated heterocycles. The molecule has 0 aliphatic rings. The first-order valence-corrected chi connectivity index (χ1v) is 2.93. The van der Waals surface area contributed by atoms with Crippen LogP contribution in [0.25, 0.3) is 0 Å². The second-order valence-corrected chi connectivity index (χ2v) is 1.60. The summed E-state index contributed by atoms with van der Waals surface area (Å²) in [4.78, 5) is 9.64. The molecule has 9 heavy (non-hydrogen) atoms. The van der Waals surface area contributed by atoms with Crippen LogP contribution in [0.1, 0.15) is 19.8 Å². The van der Waals surface area contributed by atoms with Crippen LogP contribution in [0.2, 0.25) is 0 Å². The van der Waals surface area contributed by atoms with Gasteiger partial charge in [-0.3, -0.25) is 0 Å². The molecule has 0 unspecified atom stereocenters. The fourth-order valence-electron chi connectivity index (χ4n) is 0.378. The second kappa shape index (κ2) is 12.0. The quantitative estimate of drug-likeness (QED) is 0.326. The number of carbonyl (C=O) groups is 1. The number of aldehydes is 1. The van der Waals surface area contributed by atoms with Crippen molar-refractivity contribution in [3.63, 3.8) is 0 Å². The molecule has 0 amide bonds. The Morgan fingerprint density at radius 3 is 2.67 bits per heavy atom. The molecule has 0 aromatic heterocycles. The van der Waals surface area contributed by atoms with Gasteiger partial charge in [0.2, 0.25) is 0 Å². The Labute approximate surface area is 98.8 Å². The predicted octanol–water partition coefficient (Wildman–Crippen LogP) is 0.353. The second-order valence-electron chi connectivity index (χ2n) is 1.60. The number of ether oxygens (including phenoxy) is 1. The summed E-state index contributed by atoms with van der Waals surface area (Å²) >= 11 is 0. The summed E-state index contributed by atoms with van der Waals surface area (Å²) in [6, 6.07) is 0. The normalized spacial score (nSPS) is 8.11. The van der Waals surface area contributed by atoms with Crippen LogP contribution in [0.3, 0.4) is 0 Å². The van der Waals surface area contributed by atoms with Gasteiger partial charge in [-0.25, -0.2) is 0 Å². The molecule has 50 valence electrons. The van der Waals surface area contributed by atoms with Crippen molar-refractivity contribution in [3.05, 3.63) is 0 Å². The first-order chi connectivity index (χ1) is 3.91. The summed E-state index contributed by atoms with van der Waals surface area (Å²) in [6.45, 7) is 3.06. The number of unbranched alkanes of at least 4 members (excludes halogenated alkanes) is 1. The molecule has 0 heterocycles. The van der Waals surface area contributed by atoms with Gasteiger partial charge in [0.1, 0.15) is 12.9 Å². The van der Waals surface area contributed by atoms with Crippen molar-refractivity contribution in [2.24, 2.45) is 0 Å². The minimum absolute atomic E-state index is 0. The third-order valence-electron chi connectivity index (χ3n) is 0.828. The van der Waals surface area contributed by atoms with Crippen molar-refractivity contribution in [2.45, 2.75) is 19.8 Å². The van der Waals surface area contributed by atoms with Gasteiger partial charge in [-0.15, -0.1) is 0 Å². The van der Waals surface area contributed by atoms with Gasteiger partial charge < -0.3 is 9.53 Å². The number of hydrogen-bond acceptors (Lipinski definition) is 2. The van der Waals surface area contributed by atoms with E-state index in [1.807, 2.05) is 0 Å². The maximum absolute atomic E-state index is 9.64. The standard InChI is InChI=1S/C6H12O2.K.H/c1-2-3-5-8-6-4-7;;/h4H,2-3,5-6H2,1H3;;. The molecule has 0 aliphatic heterocycles. The third-order valence-corrected chi connectivity index (χ3v) is 0.828. The van der Waals surface area contributed by atoms with E-state index >= 15 is 0 Å². The van der Waals surface area contributed by atoms with E-state index in [0.29, 0.717) is 0 Å². The van der Waals surface area contributed by atoms with Crippen LogP contribution in [-0.2, 0) is 9.53 Å². The molecule has 0 saturated carbocycles. The summed E-state index contributed by atoms with van der Waals surface area (Å²) in [5.41, 5.74) is 0. The van der Waals surface area contributed by atoms with Crippen LogP contribution in [0.5, 0.6) is 0 Å². The zero-order chi connectivity index (χ0) is 6.24. The molecule has 0 atom stereocenters. The molecule has 0 radical (unpaired) electrons. The van der Waals surface area contributed by atoms with E-state index < -0.39 is 0 Å².